The van der Waals surface area contributed by atoms with Gasteiger partial charge in [0.1, 0.15) is 11.3 Å². The predicted molar refractivity (Wildman–Crippen MR) is 89.4 cm³/mol. The van der Waals surface area contributed by atoms with Crippen molar-refractivity contribution in [3.63, 3.8) is 0 Å². The van der Waals surface area contributed by atoms with Gasteiger partial charge >= 0.3 is 0 Å². The number of nitrogens with zero attached hydrogens (tertiary/aromatic N) is 1. The minimum absolute atomic E-state index is 0.0887. The molecule has 1 N–H and O–H groups in total. The predicted octanol–water partition coefficient (Wildman–Crippen LogP) is 4.16. The van der Waals surface area contributed by atoms with Crippen molar-refractivity contribution in [3.8, 4) is 0 Å². The summed E-state index contributed by atoms with van der Waals surface area (Å²) in [5.74, 6) is 1.07. The van der Waals surface area contributed by atoms with Gasteiger partial charge in [-0.15, -0.1) is 0 Å². The Hall–Kier alpha value is -1.32. The maximum absolute atomic E-state index is 6.10. The maximum atomic E-state index is 6.10. The van der Waals surface area contributed by atoms with E-state index in [1.54, 1.807) is 0 Å². The lowest BCUT2D eigenvalue weighted by Crippen LogP contribution is -2.35. The molecule has 21 heavy (non-hydrogen) atoms. The number of furan rings is 1. The molecule has 0 aliphatic carbocycles. The van der Waals surface area contributed by atoms with Crippen LogP contribution in [0.25, 0.3) is 11.0 Å². The molecule has 3 heteroatoms. The maximum Gasteiger partial charge on any atom is 0.134 e. The van der Waals surface area contributed by atoms with E-state index in [4.69, 9.17) is 4.42 Å². The van der Waals surface area contributed by atoms with Crippen LogP contribution in [-0.2, 0) is 13.1 Å². The summed E-state index contributed by atoms with van der Waals surface area (Å²) in [5, 5.41) is 4.78. The molecule has 0 radical (unpaired) electrons. The first-order valence-corrected chi connectivity index (χ1v) is 7.91. The molecule has 116 valence electrons. The summed E-state index contributed by atoms with van der Waals surface area (Å²) in [5.41, 5.74) is 2.40. The number of rotatable bonds is 6. The van der Waals surface area contributed by atoms with E-state index < -0.39 is 0 Å². The molecule has 0 spiro atoms. The highest BCUT2D eigenvalue weighted by atomic mass is 16.3. The zero-order valence-electron chi connectivity index (χ0n) is 14.0. The van der Waals surface area contributed by atoms with Crippen LogP contribution in [0.3, 0.4) is 0 Å². The molecule has 1 aromatic heterocycles. The summed E-state index contributed by atoms with van der Waals surface area (Å²) >= 11 is 0. The van der Waals surface area contributed by atoms with Gasteiger partial charge in [-0.25, -0.2) is 0 Å². The van der Waals surface area contributed by atoms with Crippen molar-refractivity contribution in [2.45, 2.75) is 53.2 Å². The molecular formula is C18H28N2O. The van der Waals surface area contributed by atoms with Crippen molar-refractivity contribution in [1.29, 1.82) is 0 Å². The zero-order chi connectivity index (χ0) is 15.5. The lowest BCUT2D eigenvalue weighted by atomic mass is 10.1. The molecule has 0 unspecified atom stereocenters. The molecule has 0 atom stereocenters. The SMILES string of the molecule is CCN(CC)Cc1c(CNC(C)(C)C)oc2ccccc12. The van der Waals surface area contributed by atoms with E-state index in [1.807, 2.05) is 6.07 Å². The Labute approximate surface area is 128 Å². The van der Waals surface area contributed by atoms with Crippen molar-refractivity contribution in [3.05, 3.63) is 35.6 Å². The standard InChI is InChI=1S/C18H28N2O/c1-6-20(7-2)13-15-14-10-8-9-11-16(14)21-17(15)12-19-18(3,4)5/h8-11,19H,6-7,12-13H2,1-5H3. The Morgan fingerprint density at radius 2 is 1.76 bits per heavy atom. The van der Waals surface area contributed by atoms with Crippen molar-refractivity contribution < 1.29 is 4.42 Å². The average molecular weight is 288 g/mol. The number of nitrogens with one attached hydrogen (secondary N) is 1. The van der Waals surface area contributed by atoms with E-state index in [1.165, 1.54) is 10.9 Å². The molecule has 1 heterocycles. The van der Waals surface area contributed by atoms with Crippen LogP contribution < -0.4 is 5.32 Å². The second kappa shape index (κ2) is 6.63. The number of hydrogen-bond donors (Lipinski definition) is 1. The van der Waals surface area contributed by atoms with Gasteiger partial charge in [0.05, 0.1) is 6.54 Å². The van der Waals surface area contributed by atoms with E-state index >= 15 is 0 Å². The lowest BCUT2D eigenvalue weighted by Gasteiger charge is -2.21. The molecule has 0 aliphatic heterocycles. The van der Waals surface area contributed by atoms with Crippen LogP contribution in [0, 0.1) is 0 Å². The molecule has 0 bridgehead atoms. The first-order valence-electron chi connectivity index (χ1n) is 7.91. The second-order valence-electron chi connectivity index (χ2n) is 6.56. The second-order valence-corrected chi connectivity index (χ2v) is 6.56. The first kappa shape index (κ1) is 16.1. The smallest absolute Gasteiger partial charge is 0.134 e. The third-order valence-electron chi connectivity index (χ3n) is 3.84. The van der Waals surface area contributed by atoms with Crippen LogP contribution in [0.1, 0.15) is 45.9 Å². The molecule has 2 aromatic rings. The molecule has 3 nitrogen and oxygen atoms in total. The van der Waals surface area contributed by atoms with E-state index in [-0.39, 0.29) is 5.54 Å². The summed E-state index contributed by atoms with van der Waals surface area (Å²) in [6, 6.07) is 8.35. The third-order valence-corrected chi connectivity index (χ3v) is 3.84. The van der Waals surface area contributed by atoms with E-state index in [0.29, 0.717) is 0 Å². The zero-order valence-corrected chi connectivity index (χ0v) is 14.0. The summed E-state index contributed by atoms with van der Waals surface area (Å²) in [6.07, 6.45) is 0. The fraction of sp³-hybridized carbons (Fsp3) is 0.556. The minimum Gasteiger partial charge on any atom is -0.459 e. The molecule has 1 aromatic carbocycles. The summed E-state index contributed by atoms with van der Waals surface area (Å²) < 4.78 is 6.10. The van der Waals surface area contributed by atoms with E-state index in [9.17, 15) is 0 Å². The monoisotopic (exact) mass is 288 g/mol. The topological polar surface area (TPSA) is 28.4 Å². The summed E-state index contributed by atoms with van der Waals surface area (Å²) in [6.45, 7) is 14.8. The van der Waals surface area contributed by atoms with Gasteiger partial charge in [0, 0.05) is 23.0 Å². The van der Waals surface area contributed by atoms with Crippen molar-refractivity contribution in [1.82, 2.24) is 10.2 Å². The molecule has 0 saturated carbocycles. The van der Waals surface area contributed by atoms with Crippen LogP contribution in [0.15, 0.2) is 28.7 Å². The molecule has 0 amide bonds. The van der Waals surface area contributed by atoms with Gasteiger partial charge in [-0.05, 0) is 39.9 Å². The van der Waals surface area contributed by atoms with Crippen LogP contribution in [0.2, 0.25) is 0 Å². The fourth-order valence-corrected chi connectivity index (χ4v) is 2.48. The van der Waals surface area contributed by atoms with Crippen LogP contribution in [0.5, 0.6) is 0 Å². The normalized spacial score (nSPS) is 12.5. The van der Waals surface area contributed by atoms with Gasteiger partial charge in [0.2, 0.25) is 0 Å². The Morgan fingerprint density at radius 1 is 1.10 bits per heavy atom. The Kier molecular flexibility index (Phi) is 5.07. The molecule has 0 saturated heterocycles. The van der Waals surface area contributed by atoms with Crippen LogP contribution in [0.4, 0.5) is 0 Å². The van der Waals surface area contributed by atoms with Gasteiger partial charge in [0.15, 0.2) is 0 Å². The Bertz CT molecular complexity index is 576. The number of para-hydroxylation sites is 1. The molecule has 0 aliphatic rings. The quantitative estimate of drug-likeness (QED) is 0.865. The highest BCUT2D eigenvalue weighted by molar-refractivity contribution is 5.82. The van der Waals surface area contributed by atoms with Crippen LogP contribution >= 0.6 is 0 Å². The van der Waals surface area contributed by atoms with Crippen molar-refractivity contribution in [2.75, 3.05) is 13.1 Å². The lowest BCUT2D eigenvalue weighted by molar-refractivity contribution is 0.292. The number of benzene rings is 1. The highest BCUT2D eigenvalue weighted by Crippen LogP contribution is 2.27. The number of hydrogen-bond acceptors (Lipinski definition) is 3. The third kappa shape index (κ3) is 4.08. The van der Waals surface area contributed by atoms with Gasteiger partial charge in [-0.2, -0.15) is 0 Å². The van der Waals surface area contributed by atoms with Crippen LogP contribution in [-0.4, -0.2) is 23.5 Å². The Morgan fingerprint density at radius 3 is 2.38 bits per heavy atom. The number of fused-ring (bicyclic) bond motifs is 1. The van der Waals surface area contributed by atoms with E-state index in [2.05, 4.69) is 63.0 Å². The van der Waals surface area contributed by atoms with Crippen molar-refractivity contribution >= 4 is 11.0 Å². The largest absolute Gasteiger partial charge is 0.459 e. The van der Waals surface area contributed by atoms with Gasteiger partial charge in [-0.3, -0.25) is 4.90 Å². The van der Waals surface area contributed by atoms with Gasteiger partial charge < -0.3 is 9.73 Å². The average Bonchev–Trinajstić information content (AvgIpc) is 2.79. The fourth-order valence-electron chi connectivity index (χ4n) is 2.48. The Balaban J connectivity index is 2.33. The molecular weight excluding hydrogens is 260 g/mol. The highest BCUT2D eigenvalue weighted by Gasteiger charge is 2.18. The molecule has 2 rings (SSSR count). The van der Waals surface area contributed by atoms with Gasteiger partial charge in [0.25, 0.3) is 0 Å². The van der Waals surface area contributed by atoms with E-state index in [0.717, 1.165) is 37.5 Å². The molecule has 0 fully saturated rings. The minimum atomic E-state index is 0.0887. The van der Waals surface area contributed by atoms with Gasteiger partial charge in [-0.1, -0.05) is 32.0 Å². The summed E-state index contributed by atoms with van der Waals surface area (Å²) in [7, 11) is 0. The van der Waals surface area contributed by atoms with Crippen molar-refractivity contribution in [2.24, 2.45) is 0 Å². The first-order chi connectivity index (χ1) is 9.94. The summed E-state index contributed by atoms with van der Waals surface area (Å²) in [4.78, 5) is 2.43.